The number of hydrogen-bond acceptors (Lipinski definition) is 4. The van der Waals surface area contributed by atoms with Gasteiger partial charge in [0.25, 0.3) is 0 Å². The fraction of sp³-hybridized carbons (Fsp3) is 0.478. The Morgan fingerprint density at radius 2 is 1.67 bits per heavy atom. The number of rotatable bonds is 5. The van der Waals surface area contributed by atoms with Crippen molar-refractivity contribution in [1.29, 1.82) is 0 Å². The molecule has 1 fully saturated rings. The third-order valence-electron chi connectivity index (χ3n) is 5.06. The maximum Gasteiger partial charge on any atom is 0.410 e. The van der Waals surface area contributed by atoms with Gasteiger partial charge in [-0.3, -0.25) is 4.90 Å². The molecule has 2 N–H and O–H groups in total. The molecule has 1 aliphatic rings. The molecule has 7 nitrogen and oxygen atoms in total. The van der Waals surface area contributed by atoms with Crippen molar-refractivity contribution in [3.8, 4) is 0 Å². The minimum Gasteiger partial charge on any atom is -0.444 e. The second-order valence-corrected chi connectivity index (χ2v) is 8.56. The number of urea groups is 1. The third-order valence-corrected chi connectivity index (χ3v) is 5.06. The summed E-state index contributed by atoms with van der Waals surface area (Å²) in [7, 11) is 0. The van der Waals surface area contributed by atoms with Gasteiger partial charge in [0.1, 0.15) is 5.60 Å². The predicted molar refractivity (Wildman–Crippen MR) is 118 cm³/mol. The van der Waals surface area contributed by atoms with Crippen molar-refractivity contribution in [3.63, 3.8) is 0 Å². The summed E-state index contributed by atoms with van der Waals surface area (Å²) < 4.78 is 5.42. The van der Waals surface area contributed by atoms with Gasteiger partial charge in [0.15, 0.2) is 0 Å². The van der Waals surface area contributed by atoms with Crippen LogP contribution in [-0.4, -0.2) is 66.8 Å². The average Bonchev–Trinajstić information content (AvgIpc) is 2.71. The summed E-state index contributed by atoms with van der Waals surface area (Å²) in [6.07, 6.45) is -0.256. The quantitative estimate of drug-likeness (QED) is 0.791. The van der Waals surface area contributed by atoms with Crippen LogP contribution >= 0.6 is 0 Å². The SMILES string of the molecule is CC(C)(C)OC(=O)N1CCN(CCNC(=O)NCc2cccc3ccccc23)CC1. The fourth-order valence-electron chi connectivity index (χ4n) is 3.49. The van der Waals surface area contributed by atoms with E-state index in [1.165, 1.54) is 5.39 Å². The van der Waals surface area contributed by atoms with Crippen LogP contribution in [0.3, 0.4) is 0 Å². The first-order valence-electron chi connectivity index (χ1n) is 10.5. The van der Waals surface area contributed by atoms with Crippen LogP contribution < -0.4 is 10.6 Å². The Morgan fingerprint density at radius 1 is 0.967 bits per heavy atom. The molecule has 3 amide bonds. The minimum absolute atomic E-state index is 0.171. The van der Waals surface area contributed by atoms with Crippen LogP contribution in [0.1, 0.15) is 26.3 Å². The van der Waals surface area contributed by atoms with E-state index in [1.54, 1.807) is 4.90 Å². The number of fused-ring (bicyclic) bond motifs is 1. The zero-order chi connectivity index (χ0) is 21.6. The molecule has 1 heterocycles. The van der Waals surface area contributed by atoms with Crippen LogP contribution in [0.25, 0.3) is 10.8 Å². The molecule has 7 heteroatoms. The molecular weight excluding hydrogens is 380 g/mol. The number of piperazine rings is 1. The van der Waals surface area contributed by atoms with Gasteiger partial charge in [-0.15, -0.1) is 0 Å². The molecule has 2 aromatic rings. The molecule has 0 saturated carbocycles. The number of benzene rings is 2. The highest BCUT2D eigenvalue weighted by atomic mass is 16.6. The van der Waals surface area contributed by atoms with Crippen LogP contribution in [0.5, 0.6) is 0 Å². The summed E-state index contributed by atoms with van der Waals surface area (Å²) >= 11 is 0. The fourth-order valence-corrected chi connectivity index (χ4v) is 3.49. The Bertz CT molecular complexity index is 865. The van der Waals surface area contributed by atoms with Gasteiger partial charge in [-0.1, -0.05) is 42.5 Å². The van der Waals surface area contributed by atoms with Crippen molar-refractivity contribution in [2.45, 2.75) is 32.9 Å². The topological polar surface area (TPSA) is 73.9 Å². The lowest BCUT2D eigenvalue weighted by Gasteiger charge is -2.35. The van der Waals surface area contributed by atoms with Gasteiger partial charge in [-0.05, 0) is 37.1 Å². The third kappa shape index (κ3) is 6.35. The second-order valence-electron chi connectivity index (χ2n) is 8.56. The summed E-state index contributed by atoms with van der Waals surface area (Å²) in [5.74, 6) is 0. The molecule has 0 bridgehead atoms. The van der Waals surface area contributed by atoms with E-state index in [2.05, 4.69) is 33.7 Å². The molecule has 3 rings (SSSR count). The Balaban J connectivity index is 1.35. The average molecular weight is 413 g/mol. The van der Waals surface area contributed by atoms with Crippen molar-refractivity contribution >= 4 is 22.9 Å². The number of hydrogen-bond donors (Lipinski definition) is 2. The van der Waals surface area contributed by atoms with E-state index >= 15 is 0 Å². The summed E-state index contributed by atoms with van der Waals surface area (Å²) in [6.45, 7) is 10.3. The second kappa shape index (κ2) is 9.80. The number of nitrogens with zero attached hydrogens (tertiary/aromatic N) is 2. The summed E-state index contributed by atoms with van der Waals surface area (Å²) in [5, 5.41) is 8.18. The van der Waals surface area contributed by atoms with E-state index in [1.807, 2.05) is 45.0 Å². The first kappa shape index (κ1) is 21.9. The zero-order valence-corrected chi connectivity index (χ0v) is 18.1. The standard InChI is InChI=1S/C23H32N4O3/c1-23(2,3)30-22(29)27-15-13-26(14-16-27)12-11-24-21(28)25-17-19-9-6-8-18-7-4-5-10-20(18)19/h4-10H,11-17H2,1-3H3,(H2,24,25,28). The van der Waals surface area contributed by atoms with Gasteiger partial charge in [0, 0.05) is 45.8 Å². The molecule has 0 atom stereocenters. The molecule has 1 aliphatic heterocycles. The van der Waals surface area contributed by atoms with Gasteiger partial charge in [0.05, 0.1) is 0 Å². The molecule has 0 radical (unpaired) electrons. The van der Waals surface area contributed by atoms with Crippen molar-refractivity contribution in [3.05, 3.63) is 48.0 Å². The molecule has 162 valence electrons. The normalized spacial score (nSPS) is 15.1. The predicted octanol–water partition coefficient (Wildman–Crippen LogP) is 3.19. The minimum atomic E-state index is -0.475. The van der Waals surface area contributed by atoms with Gasteiger partial charge >= 0.3 is 12.1 Å². The number of carbonyl (C=O) groups excluding carboxylic acids is 2. The Morgan fingerprint density at radius 3 is 2.40 bits per heavy atom. The number of amides is 3. The molecule has 1 saturated heterocycles. The molecule has 0 aliphatic carbocycles. The first-order valence-corrected chi connectivity index (χ1v) is 10.5. The summed E-state index contributed by atoms with van der Waals surface area (Å²) in [5.41, 5.74) is 0.624. The van der Waals surface area contributed by atoms with E-state index in [0.717, 1.165) is 30.6 Å². The Labute approximate surface area is 178 Å². The van der Waals surface area contributed by atoms with Crippen LogP contribution in [0.2, 0.25) is 0 Å². The van der Waals surface area contributed by atoms with Crippen molar-refractivity contribution in [1.82, 2.24) is 20.4 Å². The van der Waals surface area contributed by atoms with E-state index in [0.29, 0.717) is 26.2 Å². The van der Waals surface area contributed by atoms with Crippen LogP contribution in [0.15, 0.2) is 42.5 Å². The zero-order valence-electron chi connectivity index (χ0n) is 18.1. The molecular formula is C23H32N4O3. The molecule has 2 aromatic carbocycles. The van der Waals surface area contributed by atoms with Crippen LogP contribution in [0, 0.1) is 0 Å². The number of nitrogens with one attached hydrogen (secondary N) is 2. The number of carbonyl (C=O) groups is 2. The van der Waals surface area contributed by atoms with Gasteiger partial charge < -0.3 is 20.3 Å². The highest BCUT2D eigenvalue weighted by molar-refractivity contribution is 5.86. The maximum absolute atomic E-state index is 12.2. The lowest BCUT2D eigenvalue weighted by molar-refractivity contribution is 0.0147. The van der Waals surface area contributed by atoms with Crippen molar-refractivity contribution in [2.75, 3.05) is 39.3 Å². The molecule has 30 heavy (non-hydrogen) atoms. The highest BCUT2D eigenvalue weighted by Gasteiger charge is 2.25. The van der Waals surface area contributed by atoms with E-state index in [-0.39, 0.29) is 12.1 Å². The van der Waals surface area contributed by atoms with Crippen LogP contribution in [-0.2, 0) is 11.3 Å². The van der Waals surface area contributed by atoms with Gasteiger partial charge in [-0.25, -0.2) is 9.59 Å². The lowest BCUT2D eigenvalue weighted by atomic mass is 10.0. The van der Waals surface area contributed by atoms with Gasteiger partial charge in [0.2, 0.25) is 0 Å². The number of ether oxygens (including phenoxy) is 1. The molecule has 0 unspecified atom stereocenters. The largest absolute Gasteiger partial charge is 0.444 e. The van der Waals surface area contributed by atoms with Crippen molar-refractivity contribution < 1.29 is 14.3 Å². The van der Waals surface area contributed by atoms with E-state index in [4.69, 9.17) is 4.74 Å². The van der Waals surface area contributed by atoms with E-state index in [9.17, 15) is 9.59 Å². The Kier molecular flexibility index (Phi) is 7.15. The first-order chi connectivity index (χ1) is 14.3. The van der Waals surface area contributed by atoms with E-state index < -0.39 is 5.60 Å². The van der Waals surface area contributed by atoms with Crippen LogP contribution in [0.4, 0.5) is 9.59 Å². The Hall–Kier alpha value is -2.80. The highest BCUT2D eigenvalue weighted by Crippen LogP contribution is 2.18. The summed E-state index contributed by atoms with van der Waals surface area (Å²) in [6, 6.07) is 14.1. The van der Waals surface area contributed by atoms with Gasteiger partial charge in [-0.2, -0.15) is 0 Å². The maximum atomic E-state index is 12.2. The molecule has 0 spiro atoms. The lowest BCUT2D eigenvalue weighted by Crippen LogP contribution is -2.51. The molecule has 0 aromatic heterocycles. The van der Waals surface area contributed by atoms with Crippen molar-refractivity contribution in [2.24, 2.45) is 0 Å². The monoisotopic (exact) mass is 412 g/mol. The smallest absolute Gasteiger partial charge is 0.410 e. The summed E-state index contributed by atoms with van der Waals surface area (Å²) in [4.78, 5) is 28.3.